The number of carbonyl (C=O) groups excluding carboxylic acids is 3. The van der Waals surface area contributed by atoms with E-state index in [2.05, 4.69) is 10.6 Å². The maximum Gasteiger partial charge on any atom is 0.411 e. The summed E-state index contributed by atoms with van der Waals surface area (Å²) < 4.78 is 10.8. The average Bonchev–Trinajstić information content (AvgIpc) is 3.20. The number of ether oxygens (including phenoxy) is 2. The first kappa shape index (κ1) is 24.1. The third-order valence-corrected chi connectivity index (χ3v) is 5.12. The lowest BCUT2D eigenvalue weighted by Crippen LogP contribution is -2.55. The van der Waals surface area contributed by atoms with Crippen LogP contribution in [0.5, 0.6) is 0 Å². The van der Waals surface area contributed by atoms with Gasteiger partial charge in [0.25, 0.3) is 0 Å². The molecule has 0 unspecified atom stereocenters. The van der Waals surface area contributed by atoms with Crippen molar-refractivity contribution < 1.29 is 23.9 Å². The zero-order valence-corrected chi connectivity index (χ0v) is 19.2. The van der Waals surface area contributed by atoms with E-state index in [-0.39, 0.29) is 19.1 Å². The number of alkyl carbamates (subject to hydrolysis) is 1. The maximum absolute atomic E-state index is 13.1. The van der Waals surface area contributed by atoms with Crippen molar-refractivity contribution in [3.63, 3.8) is 0 Å². The summed E-state index contributed by atoms with van der Waals surface area (Å²) in [6.07, 6.45) is -0.830. The van der Waals surface area contributed by atoms with Gasteiger partial charge in [0.05, 0.1) is 6.04 Å². The van der Waals surface area contributed by atoms with Crippen molar-refractivity contribution in [2.45, 2.75) is 58.0 Å². The molecule has 1 fully saturated rings. The fraction of sp³-hybridized carbons (Fsp3) is 0.400. The number of nitrogens with zero attached hydrogens (tertiary/aromatic N) is 1. The Hall–Kier alpha value is -3.55. The quantitative estimate of drug-likeness (QED) is 0.697. The predicted octanol–water partition coefficient (Wildman–Crippen LogP) is 3.61. The SMILES string of the molecule is CC(C)(C)OC(=O)N1CC[C@H](NC(=O)OCc2ccccc2)[C@@H]1C(=O)NCc1ccccc1. The highest BCUT2D eigenvalue weighted by Gasteiger charge is 2.44. The van der Waals surface area contributed by atoms with E-state index in [4.69, 9.17) is 9.47 Å². The molecule has 0 radical (unpaired) electrons. The van der Waals surface area contributed by atoms with E-state index in [0.717, 1.165) is 11.1 Å². The normalized spacial score (nSPS) is 17.8. The lowest BCUT2D eigenvalue weighted by atomic mass is 10.1. The third-order valence-electron chi connectivity index (χ3n) is 5.12. The molecule has 1 aliphatic heterocycles. The summed E-state index contributed by atoms with van der Waals surface area (Å²) in [6, 6.07) is 17.3. The first-order valence-electron chi connectivity index (χ1n) is 11.0. The topological polar surface area (TPSA) is 97.0 Å². The molecule has 1 aliphatic rings. The van der Waals surface area contributed by atoms with Gasteiger partial charge in [-0.2, -0.15) is 0 Å². The van der Waals surface area contributed by atoms with E-state index >= 15 is 0 Å². The molecule has 2 aromatic rings. The van der Waals surface area contributed by atoms with Crippen molar-refractivity contribution >= 4 is 18.1 Å². The van der Waals surface area contributed by atoms with Crippen molar-refractivity contribution in [3.05, 3.63) is 71.8 Å². The molecular weight excluding hydrogens is 422 g/mol. The van der Waals surface area contributed by atoms with Crippen LogP contribution in [0.1, 0.15) is 38.3 Å². The van der Waals surface area contributed by atoms with Crippen LogP contribution in [0, 0.1) is 0 Å². The highest BCUT2D eigenvalue weighted by Crippen LogP contribution is 2.22. The smallest absolute Gasteiger partial charge is 0.411 e. The van der Waals surface area contributed by atoms with E-state index in [1.54, 1.807) is 20.8 Å². The van der Waals surface area contributed by atoms with Crippen molar-refractivity contribution in [2.75, 3.05) is 6.54 Å². The van der Waals surface area contributed by atoms with Gasteiger partial charge in [-0.25, -0.2) is 9.59 Å². The molecule has 2 N–H and O–H groups in total. The summed E-state index contributed by atoms with van der Waals surface area (Å²) in [5.41, 5.74) is 1.08. The van der Waals surface area contributed by atoms with E-state index in [1.165, 1.54) is 4.90 Å². The molecule has 0 spiro atoms. The molecule has 0 aromatic heterocycles. The molecule has 8 heteroatoms. The molecule has 2 aromatic carbocycles. The predicted molar refractivity (Wildman–Crippen MR) is 123 cm³/mol. The van der Waals surface area contributed by atoms with Crippen LogP contribution in [0.4, 0.5) is 9.59 Å². The van der Waals surface area contributed by atoms with Crippen molar-refractivity contribution in [3.8, 4) is 0 Å². The molecule has 8 nitrogen and oxygen atoms in total. The van der Waals surface area contributed by atoms with Gasteiger partial charge in [-0.1, -0.05) is 60.7 Å². The summed E-state index contributed by atoms with van der Waals surface area (Å²) >= 11 is 0. The van der Waals surface area contributed by atoms with Crippen LogP contribution in [0.3, 0.4) is 0 Å². The van der Waals surface area contributed by atoms with Crippen LogP contribution in [0.15, 0.2) is 60.7 Å². The summed E-state index contributed by atoms with van der Waals surface area (Å²) in [6.45, 7) is 6.00. The summed E-state index contributed by atoms with van der Waals surface area (Å²) in [4.78, 5) is 39.7. The van der Waals surface area contributed by atoms with E-state index in [0.29, 0.717) is 13.0 Å². The molecule has 2 atom stereocenters. The molecule has 0 saturated carbocycles. The number of benzene rings is 2. The second-order valence-corrected chi connectivity index (χ2v) is 8.92. The minimum Gasteiger partial charge on any atom is -0.445 e. The van der Waals surface area contributed by atoms with Crippen molar-refractivity contribution in [1.29, 1.82) is 0 Å². The largest absolute Gasteiger partial charge is 0.445 e. The molecular formula is C25H31N3O5. The number of likely N-dealkylation sites (tertiary alicyclic amines) is 1. The van der Waals surface area contributed by atoms with Crippen LogP contribution in [0.2, 0.25) is 0 Å². The zero-order valence-electron chi connectivity index (χ0n) is 19.2. The van der Waals surface area contributed by atoms with Crippen LogP contribution >= 0.6 is 0 Å². The second kappa shape index (κ2) is 10.8. The van der Waals surface area contributed by atoms with Gasteiger partial charge in [0, 0.05) is 13.1 Å². The van der Waals surface area contributed by atoms with Gasteiger partial charge >= 0.3 is 12.2 Å². The maximum atomic E-state index is 13.1. The lowest BCUT2D eigenvalue weighted by molar-refractivity contribution is -0.126. The summed E-state index contributed by atoms with van der Waals surface area (Å²) in [5.74, 6) is -0.365. The molecule has 0 aliphatic carbocycles. The zero-order chi connectivity index (χ0) is 23.8. The molecule has 3 amide bonds. The molecule has 33 heavy (non-hydrogen) atoms. The number of rotatable bonds is 6. The fourth-order valence-electron chi connectivity index (χ4n) is 3.60. The Bertz CT molecular complexity index is 944. The van der Waals surface area contributed by atoms with Gasteiger partial charge in [-0.05, 0) is 38.3 Å². The lowest BCUT2D eigenvalue weighted by Gasteiger charge is -2.30. The number of amides is 3. The Kier molecular flexibility index (Phi) is 7.92. The van der Waals surface area contributed by atoms with Crippen molar-refractivity contribution in [1.82, 2.24) is 15.5 Å². The third kappa shape index (κ3) is 7.24. The van der Waals surface area contributed by atoms with Crippen molar-refractivity contribution in [2.24, 2.45) is 0 Å². The minimum atomic E-state index is -0.909. The average molecular weight is 454 g/mol. The Morgan fingerprint density at radius 2 is 1.58 bits per heavy atom. The second-order valence-electron chi connectivity index (χ2n) is 8.92. The summed E-state index contributed by atoms with van der Waals surface area (Å²) in [7, 11) is 0. The monoisotopic (exact) mass is 453 g/mol. The standard InChI is InChI=1S/C25H31N3O5/c1-25(2,3)33-24(31)28-15-14-20(27-23(30)32-17-19-12-8-5-9-13-19)21(28)22(29)26-16-18-10-6-4-7-11-18/h4-13,20-21H,14-17H2,1-3H3,(H,26,29)(H,27,30)/t20-,21+/m0/s1. The number of nitrogens with one attached hydrogen (secondary N) is 2. The van der Waals surface area contributed by atoms with Gasteiger partial charge in [-0.15, -0.1) is 0 Å². The van der Waals surface area contributed by atoms with Crippen LogP contribution in [-0.4, -0.2) is 47.2 Å². The highest BCUT2D eigenvalue weighted by molar-refractivity contribution is 5.88. The number of carbonyl (C=O) groups is 3. The molecule has 1 heterocycles. The molecule has 176 valence electrons. The van der Waals surface area contributed by atoms with Gasteiger partial charge in [-0.3, -0.25) is 9.69 Å². The van der Waals surface area contributed by atoms with E-state index in [9.17, 15) is 14.4 Å². The first-order valence-corrected chi connectivity index (χ1v) is 11.0. The van der Waals surface area contributed by atoms with E-state index in [1.807, 2.05) is 60.7 Å². The number of hydrogen-bond donors (Lipinski definition) is 2. The van der Waals surface area contributed by atoms with Gasteiger partial charge in [0.15, 0.2) is 0 Å². The Morgan fingerprint density at radius 3 is 2.18 bits per heavy atom. The van der Waals surface area contributed by atoms with Crippen LogP contribution in [0.25, 0.3) is 0 Å². The Labute approximate surface area is 194 Å². The number of hydrogen-bond acceptors (Lipinski definition) is 5. The Balaban J connectivity index is 1.67. The molecule has 1 saturated heterocycles. The fourth-order valence-corrected chi connectivity index (χ4v) is 3.60. The summed E-state index contributed by atoms with van der Waals surface area (Å²) in [5, 5.41) is 5.62. The minimum absolute atomic E-state index is 0.111. The Morgan fingerprint density at radius 1 is 0.970 bits per heavy atom. The highest BCUT2D eigenvalue weighted by atomic mass is 16.6. The first-order chi connectivity index (χ1) is 15.7. The molecule has 3 rings (SSSR count). The van der Waals surface area contributed by atoms with Crippen LogP contribution < -0.4 is 10.6 Å². The van der Waals surface area contributed by atoms with Gasteiger partial charge in [0.2, 0.25) is 5.91 Å². The molecule has 0 bridgehead atoms. The van der Waals surface area contributed by atoms with Gasteiger partial charge < -0.3 is 20.1 Å². The van der Waals surface area contributed by atoms with Crippen LogP contribution in [-0.2, 0) is 27.4 Å². The van der Waals surface area contributed by atoms with E-state index < -0.39 is 29.9 Å². The van der Waals surface area contributed by atoms with Gasteiger partial charge in [0.1, 0.15) is 18.2 Å².